The summed E-state index contributed by atoms with van der Waals surface area (Å²) in [5.41, 5.74) is 0.387. The Labute approximate surface area is 84.6 Å². The average molecular weight is 198 g/mol. The van der Waals surface area contributed by atoms with Crippen LogP contribution in [0.3, 0.4) is 0 Å². The lowest BCUT2D eigenvalue weighted by molar-refractivity contribution is 0.540. The third-order valence-corrected chi connectivity index (χ3v) is 3.84. The predicted molar refractivity (Wildman–Crippen MR) is 59.3 cm³/mol. The second-order valence-corrected chi connectivity index (χ2v) is 5.75. The molecule has 1 aliphatic heterocycles. The Morgan fingerprint density at radius 3 is 2.69 bits per heavy atom. The summed E-state index contributed by atoms with van der Waals surface area (Å²) in [5, 5.41) is 4.71. The van der Waals surface area contributed by atoms with Gasteiger partial charge in [0.2, 0.25) is 0 Å². The van der Waals surface area contributed by atoms with Gasteiger partial charge in [-0.15, -0.1) is 0 Å². The van der Waals surface area contributed by atoms with Gasteiger partial charge < -0.3 is 5.32 Å². The van der Waals surface area contributed by atoms with Crippen LogP contribution in [0.1, 0.15) is 33.6 Å². The average Bonchev–Trinajstić information content (AvgIpc) is 2.62. The molecule has 3 heteroatoms. The molecule has 1 heterocycles. The Morgan fingerprint density at radius 1 is 1.54 bits per heavy atom. The van der Waals surface area contributed by atoms with Crippen molar-refractivity contribution in [3.63, 3.8) is 0 Å². The van der Waals surface area contributed by atoms with Crippen molar-refractivity contribution >= 4 is 16.9 Å². The molecule has 0 radical (unpaired) electrons. The van der Waals surface area contributed by atoms with E-state index >= 15 is 0 Å². The monoisotopic (exact) mass is 198 g/mol. The highest BCUT2D eigenvalue weighted by atomic mass is 32.2. The van der Waals surface area contributed by atoms with Crippen molar-refractivity contribution < 1.29 is 0 Å². The first kappa shape index (κ1) is 9.38. The third-order valence-electron chi connectivity index (χ3n) is 2.85. The first-order valence-electron chi connectivity index (χ1n) is 5.08. The molecule has 1 atom stereocenters. The highest BCUT2D eigenvalue weighted by Gasteiger charge is 2.39. The molecule has 13 heavy (non-hydrogen) atoms. The van der Waals surface area contributed by atoms with Crippen molar-refractivity contribution in [3.05, 3.63) is 0 Å². The lowest BCUT2D eigenvalue weighted by Gasteiger charge is -2.11. The molecule has 2 aliphatic rings. The highest BCUT2D eigenvalue weighted by Crippen LogP contribution is 2.36. The lowest BCUT2D eigenvalue weighted by atomic mass is 10.1. The highest BCUT2D eigenvalue weighted by molar-refractivity contribution is 8.14. The Kier molecular flexibility index (Phi) is 2.30. The van der Waals surface area contributed by atoms with Crippen LogP contribution in [0.25, 0.3) is 0 Å². The molecule has 0 spiro atoms. The fourth-order valence-electron chi connectivity index (χ4n) is 1.37. The van der Waals surface area contributed by atoms with Gasteiger partial charge in [-0.3, -0.25) is 4.99 Å². The first-order chi connectivity index (χ1) is 6.09. The SMILES string of the molecule is CC(C)[C@H]1CSC(NC2(C)CC2)=N1. The number of hydrogen-bond donors (Lipinski definition) is 1. The van der Waals surface area contributed by atoms with E-state index in [1.165, 1.54) is 18.0 Å². The van der Waals surface area contributed by atoms with E-state index in [1.54, 1.807) is 0 Å². The second-order valence-electron chi connectivity index (χ2n) is 4.74. The van der Waals surface area contributed by atoms with Gasteiger partial charge in [-0.2, -0.15) is 0 Å². The molecule has 0 unspecified atom stereocenters. The van der Waals surface area contributed by atoms with Crippen LogP contribution in [-0.4, -0.2) is 22.5 Å². The van der Waals surface area contributed by atoms with Crippen molar-refractivity contribution in [2.75, 3.05) is 5.75 Å². The molecule has 1 aliphatic carbocycles. The molecule has 74 valence electrons. The molecule has 2 nitrogen and oxygen atoms in total. The lowest BCUT2D eigenvalue weighted by Crippen LogP contribution is -2.31. The van der Waals surface area contributed by atoms with Crippen LogP contribution in [-0.2, 0) is 0 Å². The normalized spacial score (nSPS) is 30.5. The zero-order valence-electron chi connectivity index (χ0n) is 8.63. The summed E-state index contributed by atoms with van der Waals surface area (Å²) < 4.78 is 0. The van der Waals surface area contributed by atoms with Crippen LogP contribution in [0.4, 0.5) is 0 Å². The number of aliphatic imine (C=N–C) groups is 1. The fourth-order valence-corrected chi connectivity index (χ4v) is 2.69. The molecule has 0 aromatic rings. The molecular formula is C10H18N2S. The zero-order valence-corrected chi connectivity index (χ0v) is 9.45. The number of nitrogens with one attached hydrogen (secondary N) is 1. The molecule has 0 bridgehead atoms. The number of amidine groups is 1. The van der Waals surface area contributed by atoms with Gasteiger partial charge in [-0.1, -0.05) is 25.6 Å². The van der Waals surface area contributed by atoms with Crippen molar-refractivity contribution in [1.82, 2.24) is 5.32 Å². The van der Waals surface area contributed by atoms with Gasteiger partial charge in [0.1, 0.15) is 0 Å². The van der Waals surface area contributed by atoms with Gasteiger partial charge in [-0.25, -0.2) is 0 Å². The van der Waals surface area contributed by atoms with E-state index in [0.717, 1.165) is 5.75 Å². The standard InChI is InChI=1S/C10H18N2S/c1-7(2)8-6-13-9(11-8)12-10(3)4-5-10/h7-8H,4-6H2,1-3H3,(H,11,12)/t8-/m1/s1. The van der Waals surface area contributed by atoms with Crippen LogP contribution >= 0.6 is 11.8 Å². The van der Waals surface area contributed by atoms with Crippen LogP contribution in [0, 0.1) is 5.92 Å². The third kappa shape index (κ3) is 2.19. The molecular weight excluding hydrogens is 180 g/mol. The van der Waals surface area contributed by atoms with E-state index in [9.17, 15) is 0 Å². The van der Waals surface area contributed by atoms with E-state index in [0.29, 0.717) is 17.5 Å². The summed E-state index contributed by atoms with van der Waals surface area (Å²) in [6.45, 7) is 6.77. The smallest absolute Gasteiger partial charge is 0.157 e. The van der Waals surface area contributed by atoms with Gasteiger partial charge in [0, 0.05) is 11.3 Å². The molecule has 1 saturated carbocycles. The largest absolute Gasteiger partial charge is 0.360 e. The Balaban J connectivity index is 1.90. The van der Waals surface area contributed by atoms with Gasteiger partial charge >= 0.3 is 0 Å². The van der Waals surface area contributed by atoms with Crippen LogP contribution in [0.2, 0.25) is 0 Å². The number of hydrogen-bond acceptors (Lipinski definition) is 3. The van der Waals surface area contributed by atoms with E-state index in [4.69, 9.17) is 0 Å². The van der Waals surface area contributed by atoms with E-state index in [-0.39, 0.29) is 0 Å². The maximum Gasteiger partial charge on any atom is 0.157 e. The van der Waals surface area contributed by atoms with Gasteiger partial charge in [0.05, 0.1) is 6.04 Å². The van der Waals surface area contributed by atoms with Crippen molar-refractivity contribution in [2.45, 2.75) is 45.2 Å². The molecule has 0 amide bonds. The van der Waals surface area contributed by atoms with Gasteiger partial charge in [-0.05, 0) is 25.7 Å². The zero-order chi connectivity index (χ0) is 9.47. The van der Waals surface area contributed by atoms with Crippen molar-refractivity contribution in [3.8, 4) is 0 Å². The van der Waals surface area contributed by atoms with Crippen LogP contribution < -0.4 is 5.32 Å². The molecule has 1 fully saturated rings. The quantitative estimate of drug-likeness (QED) is 0.736. The number of thioether (sulfide) groups is 1. The minimum absolute atomic E-state index is 0.387. The minimum atomic E-state index is 0.387. The van der Waals surface area contributed by atoms with Crippen LogP contribution in [0.15, 0.2) is 4.99 Å². The maximum atomic E-state index is 4.68. The van der Waals surface area contributed by atoms with Gasteiger partial charge in [0.25, 0.3) is 0 Å². The molecule has 1 N–H and O–H groups in total. The second kappa shape index (κ2) is 3.19. The predicted octanol–water partition coefficient (Wildman–Crippen LogP) is 2.26. The fraction of sp³-hybridized carbons (Fsp3) is 0.900. The van der Waals surface area contributed by atoms with E-state index in [1.807, 2.05) is 11.8 Å². The summed E-state index contributed by atoms with van der Waals surface area (Å²) in [6, 6.07) is 0.537. The Bertz CT molecular complexity index is 231. The maximum absolute atomic E-state index is 4.68. The Hall–Kier alpha value is -0.180. The molecule has 0 aromatic carbocycles. The topological polar surface area (TPSA) is 24.4 Å². The van der Waals surface area contributed by atoms with Gasteiger partial charge in [0.15, 0.2) is 5.17 Å². The van der Waals surface area contributed by atoms with Crippen molar-refractivity contribution in [1.29, 1.82) is 0 Å². The molecule has 0 aromatic heterocycles. The van der Waals surface area contributed by atoms with E-state index in [2.05, 4.69) is 31.1 Å². The summed E-state index contributed by atoms with van der Waals surface area (Å²) in [4.78, 5) is 4.68. The first-order valence-corrected chi connectivity index (χ1v) is 6.06. The summed E-state index contributed by atoms with van der Waals surface area (Å²) in [5.74, 6) is 1.84. The molecule has 2 rings (SSSR count). The Morgan fingerprint density at radius 2 is 2.23 bits per heavy atom. The minimum Gasteiger partial charge on any atom is -0.360 e. The van der Waals surface area contributed by atoms with Crippen molar-refractivity contribution in [2.24, 2.45) is 10.9 Å². The van der Waals surface area contributed by atoms with Crippen LogP contribution in [0.5, 0.6) is 0 Å². The van der Waals surface area contributed by atoms with E-state index < -0.39 is 0 Å². The molecule has 0 saturated heterocycles. The summed E-state index contributed by atoms with van der Waals surface area (Å²) in [7, 11) is 0. The summed E-state index contributed by atoms with van der Waals surface area (Å²) >= 11 is 1.88. The number of rotatable bonds is 2. The summed E-state index contributed by atoms with van der Waals surface area (Å²) in [6.07, 6.45) is 2.61. The number of nitrogens with zero attached hydrogens (tertiary/aromatic N) is 1.